The highest BCUT2D eigenvalue weighted by Crippen LogP contribution is 2.42. The lowest BCUT2D eigenvalue weighted by molar-refractivity contribution is 0.180. The molecule has 1 fully saturated rings. The molecule has 0 bridgehead atoms. The third-order valence-electron chi connectivity index (χ3n) is 5.94. The molecule has 4 rings (SSSR count). The Morgan fingerprint density at radius 1 is 1.29 bits per heavy atom. The largest absolute Gasteiger partial charge is 0.492 e. The smallest absolute Gasteiger partial charge is 0.133 e. The van der Waals surface area contributed by atoms with Gasteiger partial charge in [0.25, 0.3) is 0 Å². The molecule has 0 aliphatic carbocycles. The quantitative estimate of drug-likeness (QED) is 0.457. The maximum atomic E-state index is 10.3. The number of nitrogens with one attached hydrogen (secondary N) is 5. The number of hydrogen-bond acceptors (Lipinski definition) is 7. The summed E-state index contributed by atoms with van der Waals surface area (Å²) in [5, 5.41) is 27.7. The topological polar surface area (TPSA) is 89.6 Å². The molecule has 3 unspecified atom stereocenters. The van der Waals surface area contributed by atoms with Crippen LogP contribution in [0.4, 0.5) is 5.69 Å². The molecule has 3 aliphatic heterocycles. The molecule has 28 heavy (non-hydrogen) atoms. The number of benzene rings is 1. The molecule has 3 heterocycles. The van der Waals surface area contributed by atoms with Crippen molar-refractivity contribution >= 4 is 11.3 Å². The lowest BCUT2D eigenvalue weighted by atomic mass is 9.91. The van der Waals surface area contributed by atoms with Crippen molar-refractivity contribution in [2.75, 3.05) is 32.1 Å². The second-order valence-corrected chi connectivity index (χ2v) is 8.15. The van der Waals surface area contributed by atoms with E-state index in [2.05, 4.69) is 52.6 Å². The first-order chi connectivity index (χ1) is 13.5. The maximum absolute atomic E-state index is 10.3. The van der Waals surface area contributed by atoms with Crippen LogP contribution >= 0.6 is 0 Å². The normalized spacial score (nSPS) is 30.2. The monoisotopic (exact) mass is 387 g/mol. The Balaban J connectivity index is 1.66. The minimum Gasteiger partial charge on any atom is -0.492 e. The van der Waals surface area contributed by atoms with Gasteiger partial charge in [0.15, 0.2) is 0 Å². The van der Waals surface area contributed by atoms with Crippen LogP contribution in [-0.4, -0.2) is 56.5 Å². The molecule has 6 N–H and O–H groups in total. The minimum absolute atomic E-state index is 0.0107. The van der Waals surface area contributed by atoms with Crippen molar-refractivity contribution in [1.29, 1.82) is 0 Å². The first kappa shape index (κ1) is 19.7. The molecule has 0 amide bonds. The van der Waals surface area contributed by atoms with Crippen LogP contribution < -0.4 is 31.3 Å². The number of aliphatic hydroxyl groups is 1. The number of aliphatic hydroxyl groups excluding tert-OH is 1. The molecule has 7 heteroatoms. The molecule has 4 atom stereocenters. The molecule has 0 spiro atoms. The van der Waals surface area contributed by atoms with E-state index in [1.807, 2.05) is 7.05 Å². The molecule has 1 saturated heterocycles. The summed E-state index contributed by atoms with van der Waals surface area (Å²) in [4.78, 5) is 0. The standard InChI is InChI=1S/C21H33N5O2/c1-12-8-18(22-3)26-21(24-12)25-17-10-15-5-7-28-20(15)19(13(17)2)14-4-6-23-11-16(27)9-14/h4,10,12,16,18,21-27H,5-9,11H2,1-3H3/t12?,16-,18?,21?/m0/s1. The average Bonchev–Trinajstić information content (AvgIpc) is 3.01. The van der Waals surface area contributed by atoms with Gasteiger partial charge >= 0.3 is 0 Å². The highest BCUT2D eigenvalue weighted by atomic mass is 16.5. The van der Waals surface area contributed by atoms with Crippen LogP contribution in [0.1, 0.15) is 36.5 Å². The SMILES string of the molecule is CNC1CC(C)NC(Nc2cc3c(c(C4=CCNC[C@@H](O)C4)c2C)OCC3)N1. The fourth-order valence-electron chi connectivity index (χ4n) is 4.49. The van der Waals surface area contributed by atoms with Gasteiger partial charge in [-0.1, -0.05) is 6.08 Å². The van der Waals surface area contributed by atoms with Gasteiger partial charge in [0.2, 0.25) is 0 Å². The highest BCUT2D eigenvalue weighted by Gasteiger charge is 2.28. The molecule has 0 aromatic heterocycles. The number of rotatable bonds is 4. The number of anilines is 1. The Morgan fingerprint density at radius 2 is 2.14 bits per heavy atom. The van der Waals surface area contributed by atoms with Crippen molar-refractivity contribution in [2.24, 2.45) is 0 Å². The average molecular weight is 388 g/mol. The van der Waals surface area contributed by atoms with Gasteiger partial charge in [0.1, 0.15) is 12.0 Å². The van der Waals surface area contributed by atoms with E-state index in [-0.39, 0.29) is 18.6 Å². The molecule has 0 saturated carbocycles. The number of hydrogen-bond donors (Lipinski definition) is 6. The molecule has 7 nitrogen and oxygen atoms in total. The second-order valence-electron chi connectivity index (χ2n) is 8.15. The highest BCUT2D eigenvalue weighted by molar-refractivity contribution is 5.80. The number of fused-ring (bicyclic) bond motifs is 1. The molecular formula is C21H33N5O2. The van der Waals surface area contributed by atoms with Crippen LogP contribution in [-0.2, 0) is 6.42 Å². The number of β-amino-alcohol motifs (C(OH)–C–C–N with tert-alkyl or cyclic N) is 1. The van der Waals surface area contributed by atoms with E-state index in [9.17, 15) is 5.11 Å². The van der Waals surface area contributed by atoms with Gasteiger partial charge in [-0.05, 0) is 44.5 Å². The Hall–Kier alpha value is -1.64. The van der Waals surface area contributed by atoms with Crippen LogP contribution in [0.15, 0.2) is 12.1 Å². The molecular weight excluding hydrogens is 354 g/mol. The van der Waals surface area contributed by atoms with Crippen molar-refractivity contribution < 1.29 is 9.84 Å². The summed E-state index contributed by atoms with van der Waals surface area (Å²) in [6, 6.07) is 2.64. The minimum atomic E-state index is -0.374. The van der Waals surface area contributed by atoms with E-state index >= 15 is 0 Å². The van der Waals surface area contributed by atoms with Crippen LogP contribution in [0.2, 0.25) is 0 Å². The molecule has 0 radical (unpaired) electrons. The summed E-state index contributed by atoms with van der Waals surface area (Å²) >= 11 is 0. The first-order valence-electron chi connectivity index (χ1n) is 10.4. The fraction of sp³-hybridized carbons (Fsp3) is 0.619. The van der Waals surface area contributed by atoms with Crippen LogP contribution in [0.5, 0.6) is 5.75 Å². The van der Waals surface area contributed by atoms with Crippen molar-refractivity contribution in [1.82, 2.24) is 21.3 Å². The Kier molecular flexibility index (Phi) is 5.89. The zero-order valence-corrected chi connectivity index (χ0v) is 17.1. The molecule has 3 aliphatic rings. The van der Waals surface area contributed by atoms with E-state index in [1.165, 1.54) is 16.7 Å². The Labute approximate surface area is 167 Å². The summed E-state index contributed by atoms with van der Waals surface area (Å²) in [5.41, 5.74) is 5.84. The molecule has 1 aromatic rings. The fourth-order valence-corrected chi connectivity index (χ4v) is 4.49. The van der Waals surface area contributed by atoms with Gasteiger partial charge in [-0.3, -0.25) is 10.6 Å². The summed E-state index contributed by atoms with van der Waals surface area (Å²) in [7, 11) is 1.99. The zero-order valence-electron chi connectivity index (χ0n) is 17.1. The third-order valence-corrected chi connectivity index (χ3v) is 5.94. The molecule has 154 valence electrons. The lowest BCUT2D eigenvalue weighted by Gasteiger charge is -2.37. The van der Waals surface area contributed by atoms with Gasteiger partial charge < -0.3 is 25.8 Å². The Morgan fingerprint density at radius 3 is 2.96 bits per heavy atom. The summed E-state index contributed by atoms with van der Waals surface area (Å²) < 4.78 is 6.02. The Bertz CT molecular complexity index is 751. The molecule has 1 aromatic carbocycles. The van der Waals surface area contributed by atoms with Gasteiger partial charge in [-0.15, -0.1) is 0 Å². The predicted molar refractivity (Wildman–Crippen MR) is 112 cm³/mol. The van der Waals surface area contributed by atoms with Crippen molar-refractivity contribution in [3.63, 3.8) is 0 Å². The van der Waals surface area contributed by atoms with Gasteiger partial charge in [0, 0.05) is 48.8 Å². The van der Waals surface area contributed by atoms with Crippen molar-refractivity contribution in [3.05, 3.63) is 28.8 Å². The van der Waals surface area contributed by atoms with E-state index < -0.39 is 0 Å². The van der Waals surface area contributed by atoms with Gasteiger partial charge in [0.05, 0.1) is 18.9 Å². The number of ether oxygens (including phenoxy) is 1. The lowest BCUT2D eigenvalue weighted by Crippen LogP contribution is -2.63. The van der Waals surface area contributed by atoms with Crippen molar-refractivity contribution in [3.8, 4) is 5.75 Å². The van der Waals surface area contributed by atoms with Crippen LogP contribution in [0, 0.1) is 6.92 Å². The van der Waals surface area contributed by atoms with E-state index in [1.54, 1.807) is 0 Å². The van der Waals surface area contributed by atoms with Crippen molar-refractivity contribution in [2.45, 2.75) is 57.7 Å². The summed E-state index contributed by atoms with van der Waals surface area (Å²) in [6.07, 6.45) is 4.69. The van der Waals surface area contributed by atoms with Gasteiger partial charge in [-0.2, -0.15) is 0 Å². The summed E-state index contributed by atoms with van der Waals surface area (Å²) in [6.45, 7) is 6.47. The van der Waals surface area contributed by atoms with Crippen LogP contribution in [0.25, 0.3) is 5.57 Å². The first-order valence-corrected chi connectivity index (χ1v) is 10.4. The third kappa shape index (κ3) is 4.04. The zero-order chi connectivity index (χ0) is 19.7. The van der Waals surface area contributed by atoms with E-state index in [0.29, 0.717) is 19.0 Å². The van der Waals surface area contributed by atoms with E-state index in [0.717, 1.165) is 43.0 Å². The van der Waals surface area contributed by atoms with E-state index in [4.69, 9.17) is 4.74 Å². The van der Waals surface area contributed by atoms with Crippen LogP contribution in [0.3, 0.4) is 0 Å². The van der Waals surface area contributed by atoms with Gasteiger partial charge in [-0.25, -0.2) is 0 Å². The predicted octanol–water partition coefficient (Wildman–Crippen LogP) is 0.880. The second kappa shape index (κ2) is 8.39. The maximum Gasteiger partial charge on any atom is 0.133 e. The summed E-state index contributed by atoms with van der Waals surface area (Å²) in [5.74, 6) is 0.995.